The molecule has 2 heterocycles. The van der Waals surface area contributed by atoms with E-state index >= 15 is 0 Å². The minimum Gasteiger partial charge on any atom is -0.361 e. The van der Waals surface area contributed by atoms with E-state index in [1.54, 1.807) is 10.9 Å². The highest BCUT2D eigenvalue weighted by molar-refractivity contribution is 7.89. The molecule has 0 fully saturated rings. The van der Waals surface area contributed by atoms with Crippen molar-refractivity contribution >= 4 is 20.9 Å². The van der Waals surface area contributed by atoms with E-state index in [0.29, 0.717) is 25.2 Å². The molecule has 4 rings (SSSR count). The third-order valence-electron chi connectivity index (χ3n) is 5.28. The van der Waals surface area contributed by atoms with Crippen molar-refractivity contribution in [2.45, 2.75) is 44.0 Å². The molecule has 6 nitrogen and oxygen atoms in total. The number of hydrogen-bond acceptors (Lipinski definition) is 3. The van der Waals surface area contributed by atoms with Crippen LogP contribution in [-0.2, 0) is 28.4 Å². The first-order valence-electron chi connectivity index (χ1n) is 10.4. The van der Waals surface area contributed by atoms with Crippen LogP contribution < -0.4 is 4.72 Å². The molecule has 0 radical (unpaired) electrons. The number of para-hydroxylation sites is 1. The molecule has 0 spiro atoms. The van der Waals surface area contributed by atoms with E-state index in [4.69, 9.17) is 0 Å². The number of H-pyrrole nitrogens is 1. The highest BCUT2D eigenvalue weighted by Gasteiger charge is 2.29. The van der Waals surface area contributed by atoms with Crippen LogP contribution in [-0.4, -0.2) is 29.7 Å². The van der Waals surface area contributed by atoms with Crippen LogP contribution in [0.15, 0.2) is 71.9 Å². The first-order chi connectivity index (χ1) is 14.7. The fraction of sp³-hybridized carbons (Fsp3) is 0.292. The fourth-order valence-electron chi connectivity index (χ4n) is 3.71. The zero-order chi connectivity index (χ0) is 22.1. The molecule has 0 saturated carbocycles. The van der Waals surface area contributed by atoms with Crippen LogP contribution in [0.25, 0.3) is 10.9 Å². The van der Waals surface area contributed by atoms with E-state index in [1.807, 2.05) is 81.6 Å². The Morgan fingerprint density at radius 2 is 1.74 bits per heavy atom. The monoisotopic (exact) mass is 436 g/mol. The Bertz CT molecular complexity index is 1280. The van der Waals surface area contributed by atoms with Crippen molar-refractivity contribution in [3.05, 3.63) is 83.8 Å². The molecule has 0 bridgehead atoms. The van der Waals surface area contributed by atoms with E-state index in [1.165, 1.54) is 0 Å². The minimum absolute atomic E-state index is 0.245. The number of nitrogens with zero attached hydrogens (tertiary/aromatic N) is 2. The van der Waals surface area contributed by atoms with Crippen molar-refractivity contribution in [2.75, 3.05) is 6.54 Å². The van der Waals surface area contributed by atoms with Crippen molar-refractivity contribution in [2.24, 2.45) is 0 Å². The average molecular weight is 437 g/mol. The van der Waals surface area contributed by atoms with Crippen LogP contribution >= 0.6 is 0 Å². The van der Waals surface area contributed by atoms with Gasteiger partial charge in [-0.05, 0) is 23.6 Å². The molecule has 0 aliphatic rings. The second-order valence-corrected chi connectivity index (χ2v) is 10.5. The van der Waals surface area contributed by atoms with Crippen LogP contribution in [0.1, 0.15) is 37.6 Å². The molecule has 2 aromatic heterocycles. The van der Waals surface area contributed by atoms with Crippen molar-refractivity contribution < 1.29 is 8.42 Å². The van der Waals surface area contributed by atoms with Crippen LogP contribution in [0.3, 0.4) is 0 Å². The number of benzene rings is 2. The SMILES string of the molecule is CC(C)(C)c1nn(Cc2ccccc2)cc1S(=O)(=O)NCCc1c[nH]c2ccccc12. The maximum atomic E-state index is 13.2. The lowest BCUT2D eigenvalue weighted by molar-refractivity contribution is 0.531. The molecule has 7 heteroatoms. The number of aromatic amines is 1. The van der Waals surface area contributed by atoms with E-state index in [2.05, 4.69) is 14.8 Å². The summed E-state index contributed by atoms with van der Waals surface area (Å²) in [5, 5.41) is 5.75. The standard InChI is InChI=1S/C24H28N4O2S/c1-24(2,3)23-22(17-28(27-23)16-18-9-5-4-6-10-18)31(29,30)26-14-13-19-15-25-21-12-8-7-11-20(19)21/h4-12,15,17,25-26H,13-14,16H2,1-3H3. The topological polar surface area (TPSA) is 79.8 Å². The number of aromatic nitrogens is 3. The van der Waals surface area contributed by atoms with E-state index in [0.717, 1.165) is 22.0 Å². The van der Waals surface area contributed by atoms with E-state index < -0.39 is 15.4 Å². The Labute approximate surface area is 183 Å². The van der Waals surface area contributed by atoms with Crippen molar-refractivity contribution in [3.63, 3.8) is 0 Å². The number of nitrogens with one attached hydrogen (secondary N) is 2. The van der Waals surface area contributed by atoms with Gasteiger partial charge in [-0.2, -0.15) is 5.10 Å². The first-order valence-corrected chi connectivity index (χ1v) is 11.9. The maximum Gasteiger partial charge on any atom is 0.244 e. The summed E-state index contributed by atoms with van der Waals surface area (Å²) in [4.78, 5) is 3.48. The molecule has 162 valence electrons. The van der Waals surface area contributed by atoms with Gasteiger partial charge in [-0.1, -0.05) is 69.3 Å². The molecule has 0 atom stereocenters. The Morgan fingerprint density at radius 3 is 2.48 bits per heavy atom. The highest BCUT2D eigenvalue weighted by Crippen LogP contribution is 2.28. The first kappa shape index (κ1) is 21.3. The molecular formula is C24H28N4O2S. The minimum atomic E-state index is -3.70. The highest BCUT2D eigenvalue weighted by atomic mass is 32.2. The van der Waals surface area contributed by atoms with Gasteiger partial charge in [-0.3, -0.25) is 4.68 Å². The molecule has 0 aliphatic heterocycles. The van der Waals surface area contributed by atoms with Gasteiger partial charge in [0, 0.05) is 35.3 Å². The summed E-state index contributed by atoms with van der Waals surface area (Å²) in [6, 6.07) is 17.9. The lowest BCUT2D eigenvalue weighted by Crippen LogP contribution is -2.28. The number of sulfonamides is 1. The number of fused-ring (bicyclic) bond motifs is 1. The molecular weight excluding hydrogens is 408 g/mol. The Hall–Kier alpha value is -2.90. The van der Waals surface area contributed by atoms with Gasteiger partial charge >= 0.3 is 0 Å². The van der Waals surface area contributed by atoms with Gasteiger partial charge in [-0.25, -0.2) is 13.1 Å². The second-order valence-electron chi connectivity index (χ2n) is 8.78. The predicted octanol–water partition coefficient (Wildman–Crippen LogP) is 4.23. The Morgan fingerprint density at radius 1 is 1.03 bits per heavy atom. The number of hydrogen-bond donors (Lipinski definition) is 2. The molecule has 0 saturated heterocycles. The Kier molecular flexibility index (Phi) is 5.73. The van der Waals surface area contributed by atoms with Crippen molar-refractivity contribution in [3.8, 4) is 0 Å². The van der Waals surface area contributed by atoms with Crippen molar-refractivity contribution in [1.82, 2.24) is 19.5 Å². The summed E-state index contributed by atoms with van der Waals surface area (Å²) in [5.74, 6) is 0. The fourth-order valence-corrected chi connectivity index (χ4v) is 5.10. The summed E-state index contributed by atoms with van der Waals surface area (Å²) in [6.45, 7) is 6.78. The molecule has 31 heavy (non-hydrogen) atoms. The number of rotatable bonds is 7. The molecule has 2 N–H and O–H groups in total. The smallest absolute Gasteiger partial charge is 0.244 e. The van der Waals surface area contributed by atoms with Gasteiger partial charge in [0.25, 0.3) is 0 Å². The molecule has 0 unspecified atom stereocenters. The zero-order valence-corrected chi connectivity index (χ0v) is 18.9. The predicted molar refractivity (Wildman–Crippen MR) is 124 cm³/mol. The largest absolute Gasteiger partial charge is 0.361 e. The van der Waals surface area contributed by atoms with Gasteiger partial charge in [0.2, 0.25) is 10.0 Å². The van der Waals surface area contributed by atoms with Crippen LogP contribution in [0.2, 0.25) is 0 Å². The summed E-state index contributed by atoms with van der Waals surface area (Å²) in [6.07, 6.45) is 4.19. The van der Waals surface area contributed by atoms with Gasteiger partial charge in [-0.15, -0.1) is 0 Å². The molecule has 0 aliphatic carbocycles. The van der Waals surface area contributed by atoms with E-state index in [9.17, 15) is 8.42 Å². The molecule has 0 amide bonds. The lowest BCUT2D eigenvalue weighted by atomic mass is 9.92. The lowest BCUT2D eigenvalue weighted by Gasteiger charge is -2.17. The van der Waals surface area contributed by atoms with E-state index in [-0.39, 0.29) is 4.90 Å². The van der Waals surface area contributed by atoms with Gasteiger partial charge < -0.3 is 4.98 Å². The normalized spacial score (nSPS) is 12.5. The van der Waals surface area contributed by atoms with Crippen LogP contribution in [0, 0.1) is 0 Å². The van der Waals surface area contributed by atoms with Gasteiger partial charge in [0.05, 0.1) is 12.2 Å². The zero-order valence-electron chi connectivity index (χ0n) is 18.1. The molecule has 4 aromatic rings. The van der Waals surface area contributed by atoms with Crippen LogP contribution in [0.5, 0.6) is 0 Å². The van der Waals surface area contributed by atoms with Crippen molar-refractivity contribution in [1.29, 1.82) is 0 Å². The van der Waals surface area contributed by atoms with Gasteiger partial charge in [0.1, 0.15) is 4.90 Å². The second kappa shape index (κ2) is 8.32. The third-order valence-corrected chi connectivity index (χ3v) is 6.74. The maximum absolute atomic E-state index is 13.2. The van der Waals surface area contributed by atoms with Crippen LogP contribution in [0.4, 0.5) is 0 Å². The van der Waals surface area contributed by atoms with Gasteiger partial charge in [0.15, 0.2) is 0 Å². The summed E-state index contributed by atoms with van der Waals surface area (Å²) < 4.78 is 30.9. The summed E-state index contributed by atoms with van der Waals surface area (Å²) in [7, 11) is -3.70. The average Bonchev–Trinajstić information content (AvgIpc) is 3.34. The quantitative estimate of drug-likeness (QED) is 0.455. The summed E-state index contributed by atoms with van der Waals surface area (Å²) in [5.41, 5.74) is 3.39. The molecule has 2 aromatic carbocycles. The third kappa shape index (κ3) is 4.73. The Balaban J connectivity index is 1.54. The summed E-state index contributed by atoms with van der Waals surface area (Å²) >= 11 is 0.